The van der Waals surface area contributed by atoms with Gasteiger partial charge in [-0.25, -0.2) is 12.8 Å². The van der Waals surface area contributed by atoms with Crippen LogP contribution in [0.4, 0.5) is 10.2 Å². The van der Waals surface area contributed by atoms with E-state index in [1.54, 1.807) is 0 Å². The van der Waals surface area contributed by atoms with Gasteiger partial charge in [-0.1, -0.05) is 5.16 Å². The molecule has 1 aliphatic rings. The van der Waals surface area contributed by atoms with Crippen LogP contribution in [0.15, 0.2) is 39.9 Å². The van der Waals surface area contributed by atoms with Gasteiger partial charge in [0.15, 0.2) is 5.82 Å². The summed E-state index contributed by atoms with van der Waals surface area (Å²) in [5.41, 5.74) is -0.396. The van der Waals surface area contributed by atoms with Gasteiger partial charge in [-0.05, 0) is 18.2 Å². The van der Waals surface area contributed by atoms with E-state index in [0.717, 1.165) is 18.2 Å². The van der Waals surface area contributed by atoms with Crippen LogP contribution in [0.2, 0.25) is 0 Å². The lowest BCUT2D eigenvalue weighted by atomic mass is 10.2. The molecule has 0 radical (unpaired) electrons. The highest BCUT2D eigenvalue weighted by Crippen LogP contribution is 2.21. The predicted molar refractivity (Wildman–Crippen MR) is 80.4 cm³/mol. The minimum Gasteiger partial charge on any atom is -0.379 e. The van der Waals surface area contributed by atoms with Crippen LogP contribution >= 0.6 is 0 Å². The van der Waals surface area contributed by atoms with Crippen molar-refractivity contribution in [2.45, 2.75) is 4.90 Å². The molecule has 1 aromatic heterocycles. The number of hydrogen-bond donors (Lipinski definition) is 1. The van der Waals surface area contributed by atoms with Crippen LogP contribution in [0.5, 0.6) is 0 Å². The maximum Gasteiger partial charge on any atom is 0.259 e. The van der Waals surface area contributed by atoms with E-state index in [4.69, 9.17) is 4.74 Å². The van der Waals surface area contributed by atoms with Crippen molar-refractivity contribution in [2.24, 2.45) is 0 Å². The molecule has 8 nitrogen and oxygen atoms in total. The van der Waals surface area contributed by atoms with E-state index >= 15 is 0 Å². The zero-order valence-electron chi connectivity index (χ0n) is 12.4. The molecule has 1 N–H and O–H groups in total. The predicted octanol–water partition coefficient (Wildman–Crippen LogP) is 1.09. The SMILES string of the molecule is O=C(Nc1ccon1)c1cc(S(=O)(=O)N2CCOCC2)ccc1F. The van der Waals surface area contributed by atoms with Crippen molar-refractivity contribution in [1.82, 2.24) is 9.46 Å². The van der Waals surface area contributed by atoms with Gasteiger partial charge in [0.05, 0.1) is 23.7 Å². The molecule has 0 aliphatic carbocycles. The third kappa shape index (κ3) is 3.30. The summed E-state index contributed by atoms with van der Waals surface area (Å²) < 4.78 is 50.0. The number of carbonyl (C=O) groups excluding carboxylic acids is 1. The molecule has 1 amide bonds. The summed E-state index contributed by atoms with van der Waals surface area (Å²) in [6.07, 6.45) is 1.24. The fourth-order valence-corrected chi connectivity index (χ4v) is 3.67. The monoisotopic (exact) mass is 355 g/mol. The normalized spacial score (nSPS) is 16.0. The van der Waals surface area contributed by atoms with Crippen molar-refractivity contribution in [3.05, 3.63) is 41.9 Å². The van der Waals surface area contributed by atoms with Gasteiger partial charge in [0.1, 0.15) is 12.1 Å². The third-order valence-electron chi connectivity index (χ3n) is 3.47. The van der Waals surface area contributed by atoms with Gasteiger partial charge >= 0.3 is 0 Å². The van der Waals surface area contributed by atoms with Crippen molar-refractivity contribution < 1.29 is 26.9 Å². The van der Waals surface area contributed by atoms with Crippen LogP contribution in [0.1, 0.15) is 10.4 Å². The standard InChI is InChI=1S/C14H14FN3O5S/c15-12-2-1-10(24(20,21)18-4-7-22-8-5-18)9-11(12)14(19)16-13-3-6-23-17-13/h1-3,6,9H,4-5,7-8H2,(H,16,17,19). The minimum atomic E-state index is -3.82. The second-order valence-corrected chi connectivity index (χ2v) is 6.93. The largest absolute Gasteiger partial charge is 0.379 e. The van der Waals surface area contributed by atoms with Crippen molar-refractivity contribution in [1.29, 1.82) is 0 Å². The van der Waals surface area contributed by atoms with Crippen LogP contribution in [0.3, 0.4) is 0 Å². The topological polar surface area (TPSA) is 102 Å². The first-order chi connectivity index (χ1) is 11.5. The van der Waals surface area contributed by atoms with Gasteiger partial charge in [-0.3, -0.25) is 4.79 Å². The second-order valence-electron chi connectivity index (χ2n) is 5.00. The number of aromatic nitrogens is 1. The Morgan fingerprint density at radius 2 is 2.00 bits per heavy atom. The van der Waals surface area contributed by atoms with E-state index in [1.165, 1.54) is 16.6 Å². The average molecular weight is 355 g/mol. The van der Waals surface area contributed by atoms with E-state index in [2.05, 4.69) is 15.0 Å². The molecule has 0 spiro atoms. The van der Waals surface area contributed by atoms with Crippen LogP contribution in [0, 0.1) is 5.82 Å². The van der Waals surface area contributed by atoms with E-state index in [-0.39, 0.29) is 23.8 Å². The molecule has 0 bridgehead atoms. The molecule has 128 valence electrons. The maximum atomic E-state index is 13.9. The first kappa shape index (κ1) is 16.6. The molecule has 1 aliphatic heterocycles. The Morgan fingerprint density at radius 3 is 2.67 bits per heavy atom. The molecular formula is C14H14FN3O5S. The van der Waals surface area contributed by atoms with Gasteiger partial charge in [-0.15, -0.1) is 0 Å². The fraction of sp³-hybridized carbons (Fsp3) is 0.286. The van der Waals surface area contributed by atoms with E-state index in [9.17, 15) is 17.6 Å². The molecule has 0 atom stereocenters. The summed E-state index contributed by atoms with van der Waals surface area (Å²) >= 11 is 0. The van der Waals surface area contributed by atoms with Crippen LogP contribution < -0.4 is 5.32 Å². The van der Waals surface area contributed by atoms with Gasteiger partial charge in [0.2, 0.25) is 10.0 Å². The molecule has 0 unspecified atom stereocenters. The average Bonchev–Trinajstić information content (AvgIpc) is 3.08. The molecule has 3 rings (SSSR count). The Bertz CT molecular complexity index is 832. The number of ether oxygens (including phenoxy) is 1. The van der Waals surface area contributed by atoms with Gasteiger partial charge < -0.3 is 14.6 Å². The summed E-state index contributed by atoms with van der Waals surface area (Å²) in [6, 6.07) is 4.47. The van der Waals surface area contributed by atoms with Crippen molar-refractivity contribution >= 4 is 21.7 Å². The number of anilines is 1. The summed E-state index contributed by atoms with van der Waals surface area (Å²) in [7, 11) is -3.82. The summed E-state index contributed by atoms with van der Waals surface area (Å²) in [4.78, 5) is 12.0. The van der Waals surface area contributed by atoms with Crippen LogP contribution in [-0.4, -0.2) is 50.1 Å². The Balaban J connectivity index is 1.89. The Hall–Kier alpha value is -2.30. The lowest BCUT2D eigenvalue weighted by Crippen LogP contribution is -2.40. The minimum absolute atomic E-state index is 0.0980. The fourth-order valence-electron chi connectivity index (χ4n) is 2.24. The molecular weight excluding hydrogens is 341 g/mol. The first-order valence-corrected chi connectivity index (χ1v) is 8.51. The molecule has 1 aromatic carbocycles. The Labute approximate surface area is 137 Å². The molecule has 1 fully saturated rings. The highest BCUT2D eigenvalue weighted by atomic mass is 32.2. The zero-order valence-corrected chi connectivity index (χ0v) is 13.3. The summed E-state index contributed by atoms with van der Waals surface area (Å²) in [6.45, 7) is 1.00. The number of nitrogens with zero attached hydrogens (tertiary/aromatic N) is 2. The molecule has 0 saturated carbocycles. The molecule has 2 aromatic rings. The van der Waals surface area contributed by atoms with E-state index < -0.39 is 27.3 Å². The van der Waals surface area contributed by atoms with E-state index in [1.807, 2.05) is 0 Å². The number of hydrogen-bond acceptors (Lipinski definition) is 6. The maximum absolute atomic E-state index is 13.9. The smallest absolute Gasteiger partial charge is 0.259 e. The lowest BCUT2D eigenvalue weighted by molar-refractivity contribution is 0.0730. The highest BCUT2D eigenvalue weighted by Gasteiger charge is 2.28. The van der Waals surface area contributed by atoms with Crippen molar-refractivity contribution in [2.75, 3.05) is 31.6 Å². The molecule has 10 heteroatoms. The van der Waals surface area contributed by atoms with E-state index in [0.29, 0.717) is 13.2 Å². The first-order valence-electron chi connectivity index (χ1n) is 7.07. The number of nitrogens with one attached hydrogen (secondary N) is 1. The number of morpholine rings is 1. The third-order valence-corrected chi connectivity index (χ3v) is 5.36. The molecule has 2 heterocycles. The Kier molecular flexibility index (Phi) is 4.60. The van der Waals surface area contributed by atoms with Crippen LogP contribution in [-0.2, 0) is 14.8 Å². The number of sulfonamides is 1. The number of halogens is 1. The van der Waals surface area contributed by atoms with Crippen molar-refractivity contribution in [3.8, 4) is 0 Å². The molecule has 24 heavy (non-hydrogen) atoms. The quantitative estimate of drug-likeness (QED) is 0.881. The highest BCUT2D eigenvalue weighted by molar-refractivity contribution is 7.89. The van der Waals surface area contributed by atoms with Gasteiger partial charge in [0, 0.05) is 19.2 Å². The van der Waals surface area contributed by atoms with Crippen LogP contribution in [0.25, 0.3) is 0 Å². The number of amides is 1. The number of rotatable bonds is 4. The van der Waals surface area contributed by atoms with Gasteiger partial charge in [-0.2, -0.15) is 4.31 Å². The molecule has 1 saturated heterocycles. The zero-order chi connectivity index (χ0) is 17.2. The van der Waals surface area contributed by atoms with Crippen molar-refractivity contribution in [3.63, 3.8) is 0 Å². The number of benzene rings is 1. The Morgan fingerprint density at radius 1 is 1.25 bits per heavy atom. The summed E-state index contributed by atoms with van der Waals surface area (Å²) in [5.74, 6) is -1.56. The second kappa shape index (κ2) is 6.67. The summed E-state index contributed by atoms with van der Waals surface area (Å²) in [5, 5.41) is 5.81. The number of carbonyl (C=O) groups is 1. The van der Waals surface area contributed by atoms with Gasteiger partial charge in [0.25, 0.3) is 5.91 Å². The lowest BCUT2D eigenvalue weighted by Gasteiger charge is -2.26.